The van der Waals surface area contributed by atoms with Gasteiger partial charge in [-0.15, -0.1) is 0 Å². The van der Waals surface area contributed by atoms with E-state index in [-0.39, 0.29) is 39.9 Å². The van der Waals surface area contributed by atoms with E-state index in [0.717, 1.165) is 25.3 Å². The van der Waals surface area contributed by atoms with Crippen molar-refractivity contribution in [2.75, 3.05) is 16.8 Å². The molecule has 0 spiro atoms. The molecule has 1 aliphatic heterocycles. The molecule has 2 aromatic rings. The minimum atomic E-state index is -0.856. The van der Waals surface area contributed by atoms with E-state index in [9.17, 15) is 18.9 Å². The molecule has 1 aromatic heterocycles. The fourth-order valence-corrected chi connectivity index (χ4v) is 5.27. The Balaban J connectivity index is 1.74. The summed E-state index contributed by atoms with van der Waals surface area (Å²) in [6.07, 6.45) is 4.14. The number of hydrogen-bond donors (Lipinski definition) is 1. The first-order valence-electron chi connectivity index (χ1n) is 9.55. The maximum absolute atomic E-state index is 14.1. The van der Waals surface area contributed by atoms with Crippen molar-refractivity contribution in [1.82, 2.24) is 9.97 Å². The first-order chi connectivity index (χ1) is 13.6. The van der Waals surface area contributed by atoms with Crippen molar-refractivity contribution in [1.29, 1.82) is 0 Å². The lowest BCUT2D eigenvalue weighted by Crippen LogP contribution is -2.35. The SMILES string of the molecule is CC1(C)CC2CC(C)(CN2c2ncnc(Nc3ccc(F)cc3F)c2[N+](=O)[O-])C1. The minimum Gasteiger partial charge on any atom is -0.347 e. The van der Waals surface area contributed by atoms with Crippen LogP contribution in [0.25, 0.3) is 0 Å². The fourth-order valence-electron chi connectivity index (χ4n) is 5.27. The monoisotopic (exact) mass is 403 g/mol. The fraction of sp³-hybridized carbons (Fsp3) is 0.500. The first kappa shape index (κ1) is 19.5. The van der Waals surface area contributed by atoms with E-state index in [0.29, 0.717) is 12.6 Å². The van der Waals surface area contributed by atoms with Crippen LogP contribution < -0.4 is 10.2 Å². The van der Waals surface area contributed by atoms with Gasteiger partial charge in [0, 0.05) is 18.7 Å². The maximum Gasteiger partial charge on any atom is 0.353 e. The average Bonchev–Trinajstić information content (AvgIpc) is 2.85. The Hall–Kier alpha value is -2.84. The molecule has 1 saturated heterocycles. The average molecular weight is 403 g/mol. The number of nitrogens with one attached hydrogen (secondary N) is 1. The number of nitro groups is 1. The van der Waals surface area contributed by atoms with Crippen LogP contribution in [0.2, 0.25) is 0 Å². The molecule has 7 nitrogen and oxygen atoms in total. The highest BCUT2D eigenvalue weighted by atomic mass is 19.1. The number of fused-ring (bicyclic) bond motifs is 2. The summed E-state index contributed by atoms with van der Waals surface area (Å²) in [5, 5.41) is 14.6. The molecule has 2 unspecified atom stereocenters. The van der Waals surface area contributed by atoms with Gasteiger partial charge < -0.3 is 10.2 Å². The van der Waals surface area contributed by atoms with E-state index in [1.165, 1.54) is 12.4 Å². The topological polar surface area (TPSA) is 84.2 Å². The highest BCUT2D eigenvalue weighted by Crippen LogP contribution is 2.54. The van der Waals surface area contributed by atoms with Gasteiger partial charge in [-0.3, -0.25) is 10.1 Å². The Bertz CT molecular complexity index is 983. The molecule has 9 heteroatoms. The zero-order valence-electron chi connectivity index (χ0n) is 16.6. The summed E-state index contributed by atoms with van der Waals surface area (Å²) in [4.78, 5) is 21.6. The summed E-state index contributed by atoms with van der Waals surface area (Å²) in [6, 6.07) is 3.12. The van der Waals surface area contributed by atoms with Gasteiger partial charge >= 0.3 is 5.69 Å². The molecule has 154 valence electrons. The largest absolute Gasteiger partial charge is 0.353 e. The summed E-state index contributed by atoms with van der Waals surface area (Å²) < 4.78 is 27.2. The van der Waals surface area contributed by atoms with Crippen LogP contribution in [0.3, 0.4) is 0 Å². The molecule has 29 heavy (non-hydrogen) atoms. The molecule has 4 rings (SSSR count). The second kappa shape index (κ2) is 6.60. The van der Waals surface area contributed by atoms with Gasteiger partial charge in [0.2, 0.25) is 11.6 Å². The molecule has 1 aromatic carbocycles. The molecule has 2 heterocycles. The van der Waals surface area contributed by atoms with Crippen LogP contribution in [0.1, 0.15) is 40.0 Å². The maximum atomic E-state index is 14.1. The number of rotatable bonds is 4. The number of benzene rings is 1. The van der Waals surface area contributed by atoms with E-state index < -0.39 is 16.6 Å². The van der Waals surface area contributed by atoms with Gasteiger partial charge in [-0.1, -0.05) is 20.8 Å². The highest BCUT2D eigenvalue weighted by molar-refractivity contribution is 5.75. The summed E-state index contributed by atoms with van der Waals surface area (Å²) in [6.45, 7) is 7.32. The van der Waals surface area contributed by atoms with Crippen molar-refractivity contribution >= 4 is 23.0 Å². The predicted molar refractivity (Wildman–Crippen MR) is 105 cm³/mol. The summed E-state index contributed by atoms with van der Waals surface area (Å²) in [5.74, 6) is -1.46. The van der Waals surface area contributed by atoms with Gasteiger partial charge in [-0.2, -0.15) is 0 Å². The quantitative estimate of drug-likeness (QED) is 0.582. The molecule has 2 aliphatic rings. The van der Waals surface area contributed by atoms with Crippen molar-refractivity contribution in [2.24, 2.45) is 10.8 Å². The second-order valence-corrected chi connectivity index (χ2v) is 9.24. The Labute approximate surface area is 167 Å². The third-order valence-corrected chi connectivity index (χ3v) is 5.86. The van der Waals surface area contributed by atoms with E-state index >= 15 is 0 Å². The number of aromatic nitrogens is 2. The lowest BCUT2D eigenvalue weighted by Gasteiger charge is -2.39. The number of halogens is 2. The third kappa shape index (κ3) is 3.61. The van der Waals surface area contributed by atoms with E-state index in [1.807, 2.05) is 4.90 Å². The standard InChI is InChI=1S/C20H23F2N5O2/c1-19(2)7-13-8-20(3,9-19)10-26(13)18-16(27(28)29)17(23-11-24-18)25-15-5-4-12(21)6-14(15)22/h4-6,11,13H,7-10H2,1-3H3,(H,23,24,25). The molecule has 1 saturated carbocycles. The zero-order valence-corrected chi connectivity index (χ0v) is 16.6. The molecular formula is C20H23F2N5O2. The van der Waals surface area contributed by atoms with Crippen LogP contribution in [0, 0.1) is 32.6 Å². The summed E-state index contributed by atoms with van der Waals surface area (Å²) in [7, 11) is 0. The lowest BCUT2D eigenvalue weighted by molar-refractivity contribution is -0.383. The zero-order chi connectivity index (χ0) is 21.0. The number of nitrogens with zero attached hydrogens (tertiary/aromatic N) is 4. The van der Waals surface area contributed by atoms with Gasteiger partial charge in [-0.05, 0) is 42.2 Å². The van der Waals surface area contributed by atoms with Crippen molar-refractivity contribution in [2.45, 2.75) is 46.1 Å². The van der Waals surface area contributed by atoms with Crippen LogP contribution in [0.15, 0.2) is 24.5 Å². The second-order valence-electron chi connectivity index (χ2n) is 9.24. The van der Waals surface area contributed by atoms with Gasteiger partial charge in [-0.25, -0.2) is 18.7 Å². The molecule has 0 radical (unpaired) electrons. The van der Waals surface area contributed by atoms with Crippen molar-refractivity contribution in [3.8, 4) is 0 Å². The van der Waals surface area contributed by atoms with E-state index in [2.05, 4.69) is 36.1 Å². The number of hydrogen-bond acceptors (Lipinski definition) is 6. The molecule has 2 bridgehead atoms. The summed E-state index contributed by atoms with van der Waals surface area (Å²) in [5.41, 5.74) is -0.188. The van der Waals surface area contributed by atoms with Crippen LogP contribution >= 0.6 is 0 Å². The Kier molecular flexibility index (Phi) is 4.43. The van der Waals surface area contributed by atoms with Crippen molar-refractivity contribution in [3.63, 3.8) is 0 Å². The van der Waals surface area contributed by atoms with Crippen LogP contribution in [-0.2, 0) is 0 Å². The molecule has 2 fully saturated rings. The number of anilines is 3. The van der Waals surface area contributed by atoms with Crippen molar-refractivity contribution in [3.05, 3.63) is 46.3 Å². The van der Waals surface area contributed by atoms with Gasteiger partial charge in [0.15, 0.2) is 0 Å². The molecule has 2 atom stereocenters. The minimum absolute atomic E-state index is 0.0574. The van der Waals surface area contributed by atoms with E-state index in [1.54, 1.807) is 0 Å². The van der Waals surface area contributed by atoms with Crippen LogP contribution in [0.5, 0.6) is 0 Å². The van der Waals surface area contributed by atoms with Gasteiger partial charge in [0.05, 0.1) is 10.6 Å². The molecule has 1 N–H and O–H groups in total. The normalized spacial score (nSPS) is 25.1. The highest BCUT2D eigenvalue weighted by Gasteiger charge is 2.51. The molecular weight excluding hydrogens is 380 g/mol. The third-order valence-electron chi connectivity index (χ3n) is 5.86. The lowest BCUT2D eigenvalue weighted by atomic mass is 9.65. The Morgan fingerprint density at radius 3 is 2.69 bits per heavy atom. The summed E-state index contributed by atoms with van der Waals surface area (Å²) >= 11 is 0. The van der Waals surface area contributed by atoms with Crippen molar-refractivity contribution < 1.29 is 13.7 Å². The molecule has 1 aliphatic carbocycles. The van der Waals surface area contributed by atoms with Crippen LogP contribution in [-0.4, -0.2) is 27.5 Å². The molecule has 0 amide bonds. The smallest absolute Gasteiger partial charge is 0.347 e. The Morgan fingerprint density at radius 2 is 2.00 bits per heavy atom. The first-order valence-corrected chi connectivity index (χ1v) is 9.55. The van der Waals surface area contributed by atoms with Gasteiger partial charge in [0.25, 0.3) is 0 Å². The Morgan fingerprint density at radius 1 is 1.24 bits per heavy atom. The predicted octanol–water partition coefficient (Wildman–Crippen LogP) is 4.81. The van der Waals surface area contributed by atoms with Crippen LogP contribution in [0.4, 0.5) is 31.8 Å². The van der Waals surface area contributed by atoms with E-state index in [4.69, 9.17) is 0 Å². The van der Waals surface area contributed by atoms with Gasteiger partial charge in [0.1, 0.15) is 18.0 Å².